The molecular formula is C11H16O4S. The summed E-state index contributed by atoms with van der Waals surface area (Å²) in [5, 5.41) is 9.29. The topological polar surface area (TPSA) is 63.6 Å². The van der Waals surface area contributed by atoms with Crippen LogP contribution >= 0.6 is 0 Å². The molecule has 0 aliphatic heterocycles. The van der Waals surface area contributed by atoms with Gasteiger partial charge in [-0.3, -0.25) is 4.18 Å². The maximum Gasteiger partial charge on any atom is 0.264 e. The third kappa shape index (κ3) is 4.74. The minimum Gasteiger partial charge on any atom is -0.389 e. The predicted molar refractivity (Wildman–Crippen MR) is 61.6 cm³/mol. The SMILES string of the molecule is CC(O)c1ccc(CCOS(C)(=O)=O)cc1. The van der Waals surface area contributed by atoms with Gasteiger partial charge in [0.05, 0.1) is 19.0 Å². The molecule has 1 aromatic carbocycles. The van der Waals surface area contributed by atoms with Gasteiger partial charge in [-0.15, -0.1) is 0 Å². The summed E-state index contributed by atoms with van der Waals surface area (Å²) in [4.78, 5) is 0. The van der Waals surface area contributed by atoms with Crippen molar-refractivity contribution < 1.29 is 17.7 Å². The maximum atomic E-state index is 10.7. The summed E-state index contributed by atoms with van der Waals surface area (Å²) in [5.74, 6) is 0. The van der Waals surface area contributed by atoms with E-state index in [2.05, 4.69) is 4.18 Å². The summed E-state index contributed by atoms with van der Waals surface area (Å²) in [6.45, 7) is 1.84. The minimum atomic E-state index is -3.36. The second-order valence-electron chi connectivity index (χ2n) is 3.69. The molecule has 5 heteroatoms. The highest BCUT2D eigenvalue weighted by molar-refractivity contribution is 7.85. The average Bonchev–Trinajstić information content (AvgIpc) is 2.16. The van der Waals surface area contributed by atoms with Crippen molar-refractivity contribution in [1.29, 1.82) is 0 Å². The molecule has 90 valence electrons. The number of hydrogen-bond acceptors (Lipinski definition) is 4. The van der Waals surface area contributed by atoms with E-state index in [1.807, 2.05) is 24.3 Å². The van der Waals surface area contributed by atoms with E-state index in [1.165, 1.54) is 0 Å². The minimum absolute atomic E-state index is 0.146. The fraction of sp³-hybridized carbons (Fsp3) is 0.455. The first-order valence-electron chi connectivity index (χ1n) is 5.00. The molecule has 1 aromatic rings. The summed E-state index contributed by atoms with van der Waals surface area (Å²) in [5.41, 5.74) is 1.82. The molecule has 0 aliphatic rings. The molecule has 0 spiro atoms. The zero-order valence-corrected chi connectivity index (χ0v) is 10.2. The molecule has 0 fully saturated rings. The first-order valence-corrected chi connectivity index (χ1v) is 6.81. The van der Waals surface area contributed by atoms with Crippen molar-refractivity contribution in [2.75, 3.05) is 12.9 Å². The van der Waals surface area contributed by atoms with Gasteiger partial charge in [0, 0.05) is 0 Å². The Labute approximate surface area is 96.0 Å². The highest BCUT2D eigenvalue weighted by Crippen LogP contribution is 2.13. The molecule has 1 unspecified atom stereocenters. The molecule has 0 bridgehead atoms. The van der Waals surface area contributed by atoms with Gasteiger partial charge in [0.15, 0.2) is 0 Å². The Balaban J connectivity index is 2.50. The molecule has 0 heterocycles. The first-order chi connectivity index (χ1) is 7.38. The van der Waals surface area contributed by atoms with E-state index in [1.54, 1.807) is 6.92 Å². The number of rotatable bonds is 5. The lowest BCUT2D eigenvalue weighted by molar-refractivity contribution is 0.199. The lowest BCUT2D eigenvalue weighted by Gasteiger charge is -2.06. The van der Waals surface area contributed by atoms with Crippen LogP contribution in [0.3, 0.4) is 0 Å². The Morgan fingerprint density at radius 1 is 1.31 bits per heavy atom. The van der Waals surface area contributed by atoms with E-state index < -0.39 is 16.2 Å². The maximum absolute atomic E-state index is 10.7. The van der Waals surface area contributed by atoms with E-state index >= 15 is 0 Å². The molecule has 16 heavy (non-hydrogen) atoms. The van der Waals surface area contributed by atoms with Crippen LogP contribution in [0.4, 0.5) is 0 Å². The number of aliphatic hydroxyl groups is 1. The van der Waals surface area contributed by atoms with Gasteiger partial charge in [-0.2, -0.15) is 8.42 Å². The van der Waals surface area contributed by atoms with E-state index in [9.17, 15) is 13.5 Å². The molecule has 1 rings (SSSR count). The van der Waals surface area contributed by atoms with Crippen molar-refractivity contribution >= 4 is 10.1 Å². The molecule has 0 saturated carbocycles. The van der Waals surface area contributed by atoms with Gasteiger partial charge >= 0.3 is 0 Å². The standard InChI is InChI=1S/C11H16O4S/c1-9(12)11-5-3-10(4-6-11)7-8-15-16(2,13)14/h3-6,9,12H,7-8H2,1-2H3. The molecule has 1 N–H and O–H groups in total. The first kappa shape index (κ1) is 13.2. The van der Waals surface area contributed by atoms with Gasteiger partial charge in [-0.1, -0.05) is 24.3 Å². The largest absolute Gasteiger partial charge is 0.389 e. The third-order valence-corrected chi connectivity index (χ3v) is 2.75. The second-order valence-corrected chi connectivity index (χ2v) is 5.34. The third-order valence-electron chi connectivity index (χ3n) is 2.15. The quantitative estimate of drug-likeness (QED) is 0.792. The van der Waals surface area contributed by atoms with Gasteiger partial charge in [-0.25, -0.2) is 0 Å². The van der Waals surface area contributed by atoms with Crippen LogP contribution in [-0.4, -0.2) is 26.4 Å². The summed E-state index contributed by atoms with van der Waals surface area (Å²) < 4.78 is 26.1. The fourth-order valence-corrected chi connectivity index (χ4v) is 1.66. The Kier molecular flexibility index (Phi) is 4.46. The molecule has 1 atom stereocenters. The van der Waals surface area contributed by atoms with Crippen LogP contribution in [0.5, 0.6) is 0 Å². The van der Waals surface area contributed by atoms with Crippen LogP contribution in [0.1, 0.15) is 24.2 Å². The van der Waals surface area contributed by atoms with Gasteiger partial charge in [-0.05, 0) is 24.5 Å². The summed E-state index contributed by atoms with van der Waals surface area (Å²) in [6, 6.07) is 7.35. The Hall–Kier alpha value is -0.910. The molecule has 4 nitrogen and oxygen atoms in total. The van der Waals surface area contributed by atoms with Crippen LogP contribution in [0, 0.1) is 0 Å². The normalized spacial score (nSPS) is 13.7. The average molecular weight is 244 g/mol. The highest BCUT2D eigenvalue weighted by atomic mass is 32.2. The Morgan fingerprint density at radius 2 is 1.88 bits per heavy atom. The molecule has 0 aliphatic carbocycles. The number of benzene rings is 1. The van der Waals surface area contributed by atoms with Gasteiger partial charge < -0.3 is 5.11 Å². The lowest BCUT2D eigenvalue weighted by Crippen LogP contribution is -2.06. The molecule has 0 amide bonds. The lowest BCUT2D eigenvalue weighted by atomic mass is 10.1. The summed E-state index contributed by atoms with van der Waals surface area (Å²) >= 11 is 0. The van der Waals surface area contributed by atoms with Crippen molar-refractivity contribution in [1.82, 2.24) is 0 Å². The van der Waals surface area contributed by atoms with E-state index in [0.717, 1.165) is 17.4 Å². The van der Waals surface area contributed by atoms with Gasteiger partial charge in [0.25, 0.3) is 10.1 Å². The summed E-state index contributed by atoms with van der Waals surface area (Å²) in [6.07, 6.45) is 1.08. The van der Waals surface area contributed by atoms with Crippen molar-refractivity contribution in [3.05, 3.63) is 35.4 Å². The van der Waals surface area contributed by atoms with Crippen LogP contribution in [0.2, 0.25) is 0 Å². The van der Waals surface area contributed by atoms with Crippen molar-refractivity contribution in [3.63, 3.8) is 0 Å². The van der Waals surface area contributed by atoms with Crippen LogP contribution in [0.25, 0.3) is 0 Å². The zero-order valence-electron chi connectivity index (χ0n) is 9.38. The Bertz CT molecular complexity index is 420. The van der Waals surface area contributed by atoms with Crippen LogP contribution < -0.4 is 0 Å². The van der Waals surface area contributed by atoms with Crippen molar-refractivity contribution in [2.45, 2.75) is 19.4 Å². The number of aliphatic hydroxyl groups excluding tert-OH is 1. The second kappa shape index (κ2) is 5.43. The Morgan fingerprint density at radius 3 is 2.31 bits per heavy atom. The highest BCUT2D eigenvalue weighted by Gasteiger charge is 2.03. The molecule has 0 saturated heterocycles. The fourth-order valence-electron chi connectivity index (χ4n) is 1.27. The predicted octanol–water partition coefficient (Wildman–Crippen LogP) is 1.26. The summed E-state index contributed by atoms with van der Waals surface area (Å²) in [7, 11) is -3.36. The van der Waals surface area contributed by atoms with E-state index in [-0.39, 0.29) is 6.61 Å². The van der Waals surface area contributed by atoms with Gasteiger partial charge in [0.2, 0.25) is 0 Å². The molecule has 0 aromatic heterocycles. The van der Waals surface area contributed by atoms with Crippen molar-refractivity contribution in [2.24, 2.45) is 0 Å². The van der Waals surface area contributed by atoms with E-state index in [4.69, 9.17) is 0 Å². The molecular weight excluding hydrogens is 228 g/mol. The zero-order chi connectivity index (χ0) is 12.2. The van der Waals surface area contributed by atoms with Crippen LogP contribution in [0.15, 0.2) is 24.3 Å². The molecule has 0 radical (unpaired) electrons. The monoisotopic (exact) mass is 244 g/mol. The van der Waals surface area contributed by atoms with Crippen molar-refractivity contribution in [3.8, 4) is 0 Å². The number of hydrogen-bond donors (Lipinski definition) is 1. The van der Waals surface area contributed by atoms with E-state index in [0.29, 0.717) is 6.42 Å². The van der Waals surface area contributed by atoms with Gasteiger partial charge in [0.1, 0.15) is 0 Å². The smallest absolute Gasteiger partial charge is 0.264 e. The van der Waals surface area contributed by atoms with Crippen LogP contribution in [-0.2, 0) is 20.7 Å².